The molecule has 0 bridgehead atoms. The number of nitrogens with two attached hydrogens (primary N) is 2. The van der Waals surface area contributed by atoms with Crippen molar-refractivity contribution in [2.75, 3.05) is 5.73 Å². The molecule has 0 heterocycles. The Morgan fingerprint density at radius 1 is 1.36 bits per heavy atom. The van der Waals surface area contributed by atoms with Crippen molar-refractivity contribution in [3.8, 4) is 5.75 Å². The van der Waals surface area contributed by atoms with Gasteiger partial charge in [0.15, 0.2) is 0 Å². The van der Waals surface area contributed by atoms with Gasteiger partial charge < -0.3 is 10.5 Å². The van der Waals surface area contributed by atoms with Crippen LogP contribution in [-0.2, 0) is 0 Å². The SMILES string of the molecule is CC(N)Oc1ccccc1N. The minimum Gasteiger partial charge on any atom is -0.474 e. The van der Waals surface area contributed by atoms with E-state index in [-0.39, 0.29) is 6.23 Å². The van der Waals surface area contributed by atoms with Crippen molar-refractivity contribution in [3.05, 3.63) is 24.3 Å². The van der Waals surface area contributed by atoms with E-state index >= 15 is 0 Å². The molecule has 0 radical (unpaired) electrons. The number of nitrogen functional groups attached to an aromatic ring is 1. The van der Waals surface area contributed by atoms with Gasteiger partial charge in [0.2, 0.25) is 0 Å². The van der Waals surface area contributed by atoms with Gasteiger partial charge in [0, 0.05) is 0 Å². The highest BCUT2D eigenvalue weighted by molar-refractivity contribution is 5.51. The van der Waals surface area contributed by atoms with E-state index in [1.807, 2.05) is 12.1 Å². The Morgan fingerprint density at radius 3 is 2.55 bits per heavy atom. The third-order valence-corrected chi connectivity index (χ3v) is 1.23. The molecule has 0 amide bonds. The Balaban J connectivity index is 2.78. The molecule has 0 spiro atoms. The zero-order valence-corrected chi connectivity index (χ0v) is 6.45. The molecule has 0 aromatic heterocycles. The van der Waals surface area contributed by atoms with Gasteiger partial charge in [0.1, 0.15) is 12.0 Å². The molecule has 60 valence electrons. The Labute approximate surface area is 66.0 Å². The second-order valence-corrected chi connectivity index (χ2v) is 2.36. The Morgan fingerprint density at radius 2 is 2.00 bits per heavy atom. The van der Waals surface area contributed by atoms with Crippen LogP contribution < -0.4 is 16.2 Å². The number of anilines is 1. The van der Waals surface area contributed by atoms with E-state index < -0.39 is 0 Å². The van der Waals surface area contributed by atoms with E-state index in [2.05, 4.69) is 0 Å². The number of hydrogen-bond donors (Lipinski definition) is 2. The molecule has 11 heavy (non-hydrogen) atoms. The van der Waals surface area contributed by atoms with Crippen molar-refractivity contribution in [1.29, 1.82) is 0 Å². The number of para-hydroxylation sites is 2. The Bertz CT molecular complexity index is 235. The summed E-state index contributed by atoms with van der Waals surface area (Å²) in [6.45, 7) is 1.76. The maximum absolute atomic E-state index is 5.59. The fourth-order valence-electron chi connectivity index (χ4n) is 0.788. The quantitative estimate of drug-likeness (QED) is 0.490. The summed E-state index contributed by atoms with van der Waals surface area (Å²) in [5.74, 6) is 0.641. The molecule has 1 unspecified atom stereocenters. The zero-order valence-electron chi connectivity index (χ0n) is 6.45. The molecule has 0 fully saturated rings. The molecule has 1 rings (SSSR count). The van der Waals surface area contributed by atoms with Crippen molar-refractivity contribution in [1.82, 2.24) is 0 Å². The lowest BCUT2D eigenvalue weighted by Crippen LogP contribution is -2.22. The lowest BCUT2D eigenvalue weighted by molar-refractivity contribution is 0.231. The number of ether oxygens (including phenoxy) is 1. The normalized spacial score (nSPS) is 12.5. The first-order valence-electron chi connectivity index (χ1n) is 3.47. The van der Waals surface area contributed by atoms with E-state index in [0.29, 0.717) is 11.4 Å². The third-order valence-electron chi connectivity index (χ3n) is 1.23. The lowest BCUT2D eigenvalue weighted by atomic mass is 10.3. The highest BCUT2D eigenvalue weighted by Gasteiger charge is 1.99. The van der Waals surface area contributed by atoms with Gasteiger partial charge >= 0.3 is 0 Å². The summed E-state index contributed by atoms with van der Waals surface area (Å²) < 4.78 is 5.20. The van der Waals surface area contributed by atoms with Crippen LogP contribution in [0.4, 0.5) is 5.69 Å². The van der Waals surface area contributed by atoms with Gasteiger partial charge in [0.25, 0.3) is 0 Å². The van der Waals surface area contributed by atoms with E-state index in [4.69, 9.17) is 16.2 Å². The summed E-state index contributed by atoms with van der Waals surface area (Å²) in [4.78, 5) is 0. The van der Waals surface area contributed by atoms with Crippen molar-refractivity contribution in [2.24, 2.45) is 5.73 Å². The van der Waals surface area contributed by atoms with E-state index in [1.165, 1.54) is 0 Å². The van der Waals surface area contributed by atoms with E-state index in [0.717, 1.165) is 0 Å². The average Bonchev–Trinajstić information content (AvgIpc) is 1.93. The molecule has 3 nitrogen and oxygen atoms in total. The molecule has 1 atom stereocenters. The van der Waals surface area contributed by atoms with Gasteiger partial charge in [-0.05, 0) is 19.1 Å². The predicted octanol–water partition coefficient (Wildman–Crippen LogP) is 0.952. The van der Waals surface area contributed by atoms with Crippen LogP contribution in [0.1, 0.15) is 6.92 Å². The zero-order chi connectivity index (χ0) is 8.27. The van der Waals surface area contributed by atoms with E-state index in [9.17, 15) is 0 Å². The van der Waals surface area contributed by atoms with Gasteiger partial charge in [-0.2, -0.15) is 0 Å². The first-order chi connectivity index (χ1) is 5.20. The molecule has 1 aromatic carbocycles. The maximum atomic E-state index is 5.59. The van der Waals surface area contributed by atoms with Crippen LogP contribution >= 0.6 is 0 Å². The number of hydrogen-bond acceptors (Lipinski definition) is 3. The van der Waals surface area contributed by atoms with Gasteiger partial charge in [-0.1, -0.05) is 12.1 Å². The van der Waals surface area contributed by atoms with Gasteiger partial charge in [-0.3, -0.25) is 5.73 Å². The molecular weight excluding hydrogens is 140 g/mol. The molecule has 0 aliphatic rings. The molecular formula is C8H12N2O. The topological polar surface area (TPSA) is 61.3 Å². The first kappa shape index (κ1) is 7.88. The van der Waals surface area contributed by atoms with Gasteiger partial charge in [-0.15, -0.1) is 0 Å². The second-order valence-electron chi connectivity index (χ2n) is 2.36. The number of benzene rings is 1. The standard InChI is InChI=1S/C8H12N2O/c1-6(9)11-8-5-3-2-4-7(8)10/h2-6H,9-10H2,1H3. The third kappa shape index (κ3) is 2.13. The summed E-state index contributed by atoms with van der Waals surface area (Å²) in [6.07, 6.45) is -0.320. The summed E-state index contributed by atoms with van der Waals surface area (Å²) in [5, 5.41) is 0. The van der Waals surface area contributed by atoms with Crippen LogP contribution in [-0.4, -0.2) is 6.23 Å². The minimum absolute atomic E-state index is 0.320. The van der Waals surface area contributed by atoms with Crippen LogP contribution in [0.5, 0.6) is 5.75 Å². The molecule has 0 aliphatic heterocycles. The Hall–Kier alpha value is -1.22. The van der Waals surface area contributed by atoms with E-state index in [1.54, 1.807) is 19.1 Å². The molecule has 0 saturated carbocycles. The number of rotatable bonds is 2. The maximum Gasteiger partial charge on any atom is 0.144 e. The van der Waals surface area contributed by atoms with Crippen LogP contribution in [0.2, 0.25) is 0 Å². The van der Waals surface area contributed by atoms with Crippen LogP contribution in [0.25, 0.3) is 0 Å². The molecule has 1 aromatic rings. The predicted molar refractivity (Wildman–Crippen MR) is 45.1 cm³/mol. The average molecular weight is 152 g/mol. The summed E-state index contributed by atoms with van der Waals surface area (Å²) in [5.41, 5.74) is 11.6. The molecule has 4 N–H and O–H groups in total. The summed E-state index contributed by atoms with van der Waals surface area (Å²) >= 11 is 0. The van der Waals surface area contributed by atoms with Crippen LogP contribution in [0.15, 0.2) is 24.3 Å². The smallest absolute Gasteiger partial charge is 0.144 e. The highest BCUT2D eigenvalue weighted by atomic mass is 16.5. The van der Waals surface area contributed by atoms with Crippen molar-refractivity contribution in [2.45, 2.75) is 13.2 Å². The van der Waals surface area contributed by atoms with Gasteiger partial charge in [0.05, 0.1) is 5.69 Å². The van der Waals surface area contributed by atoms with Crippen molar-refractivity contribution in [3.63, 3.8) is 0 Å². The molecule has 0 saturated heterocycles. The summed E-state index contributed by atoms with van der Waals surface area (Å²) in [6, 6.07) is 7.27. The molecule has 3 heteroatoms. The van der Waals surface area contributed by atoms with Crippen molar-refractivity contribution >= 4 is 5.69 Å². The van der Waals surface area contributed by atoms with Gasteiger partial charge in [-0.25, -0.2) is 0 Å². The lowest BCUT2D eigenvalue weighted by Gasteiger charge is -2.10. The fourth-order valence-corrected chi connectivity index (χ4v) is 0.788. The molecule has 0 aliphatic carbocycles. The summed E-state index contributed by atoms with van der Waals surface area (Å²) in [7, 11) is 0. The van der Waals surface area contributed by atoms with Crippen molar-refractivity contribution < 1.29 is 4.74 Å². The highest BCUT2D eigenvalue weighted by Crippen LogP contribution is 2.19. The minimum atomic E-state index is -0.320. The largest absolute Gasteiger partial charge is 0.474 e. The van der Waals surface area contributed by atoms with Crippen LogP contribution in [0.3, 0.4) is 0 Å². The second kappa shape index (κ2) is 3.25. The first-order valence-corrected chi connectivity index (χ1v) is 3.47. The fraction of sp³-hybridized carbons (Fsp3) is 0.250. The monoisotopic (exact) mass is 152 g/mol. The van der Waals surface area contributed by atoms with Crippen LogP contribution in [0, 0.1) is 0 Å². The Kier molecular flexibility index (Phi) is 2.33.